The van der Waals surface area contributed by atoms with Gasteiger partial charge in [0.15, 0.2) is 0 Å². The van der Waals surface area contributed by atoms with Crippen molar-refractivity contribution in [3.05, 3.63) is 23.8 Å². The molecule has 5 nitrogen and oxygen atoms in total. The number of amides is 1. The number of nitrogens with two attached hydrogens (primary N) is 1. The molecule has 0 saturated heterocycles. The molecule has 0 fully saturated rings. The molecule has 0 spiro atoms. The molecule has 0 unspecified atom stereocenters. The largest absolute Gasteiger partial charge is 0.492 e. The Bertz CT molecular complexity index is 452. The van der Waals surface area contributed by atoms with Crippen molar-refractivity contribution < 1.29 is 14.6 Å². The lowest BCUT2D eigenvalue weighted by molar-refractivity contribution is 0.0368. The third kappa shape index (κ3) is 4.44. The lowest BCUT2D eigenvalue weighted by Crippen LogP contribution is -2.39. The fourth-order valence-corrected chi connectivity index (χ4v) is 1.84. The minimum Gasteiger partial charge on any atom is -0.492 e. The van der Waals surface area contributed by atoms with Crippen molar-refractivity contribution in [2.24, 2.45) is 0 Å². The first kappa shape index (κ1) is 15.3. The fourth-order valence-electron chi connectivity index (χ4n) is 1.84. The summed E-state index contributed by atoms with van der Waals surface area (Å²) in [4.78, 5) is 13.6. The molecule has 0 aliphatic carbocycles. The van der Waals surface area contributed by atoms with Crippen molar-refractivity contribution in [2.75, 3.05) is 25.9 Å². The zero-order valence-corrected chi connectivity index (χ0v) is 11.9. The average molecular weight is 266 g/mol. The highest BCUT2D eigenvalue weighted by molar-refractivity contribution is 5.95. The molecule has 0 saturated carbocycles. The SMILES string of the molecule is CCOc1ccc(C(=O)N(C)CC(C)(C)O)cc1N. The number of nitrogen functional groups attached to an aromatic ring is 1. The summed E-state index contributed by atoms with van der Waals surface area (Å²) in [6.45, 7) is 5.96. The first-order valence-electron chi connectivity index (χ1n) is 6.24. The quantitative estimate of drug-likeness (QED) is 0.792. The van der Waals surface area contributed by atoms with E-state index < -0.39 is 5.60 Å². The Morgan fingerprint density at radius 3 is 2.58 bits per heavy atom. The molecule has 0 radical (unpaired) electrons. The number of likely N-dealkylation sites (N-methyl/N-ethyl adjacent to an activating group) is 1. The van der Waals surface area contributed by atoms with E-state index in [0.29, 0.717) is 23.6 Å². The average Bonchev–Trinajstić information content (AvgIpc) is 2.29. The summed E-state index contributed by atoms with van der Waals surface area (Å²) in [5.41, 5.74) is 5.81. The Balaban J connectivity index is 2.86. The summed E-state index contributed by atoms with van der Waals surface area (Å²) in [7, 11) is 1.65. The molecular formula is C14H22N2O3. The third-order valence-electron chi connectivity index (χ3n) is 2.53. The maximum absolute atomic E-state index is 12.2. The van der Waals surface area contributed by atoms with Gasteiger partial charge >= 0.3 is 0 Å². The second-order valence-corrected chi connectivity index (χ2v) is 5.16. The molecule has 0 aliphatic rings. The maximum Gasteiger partial charge on any atom is 0.253 e. The lowest BCUT2D eigenvalue weighted by atomic mass is 10.1. The van der Waals surface area contributed by atoms with Crippen LogP contribution in [0.4, 0.5) is 5.69 Å². The summed E-state index contributed by atoms with van der Waals surface area (Å²) < 4.78 is 5.32. The summed E-state index contributed by atoms with van der Waals surface area (Å²) >= 11 is 0. The van der Waals surface area contributed by atoms with Crippen LogP contribution in [-0.4, -0.2) is 41.7 Å². The molecule has 3 N–H and O–H groups in total. The normalized spacial score (nSPS) is 11.2. The van der Waals surface area contributed by atoms with Gasteiger partial charge in [0.05, 0.1) is 17.9 Å². The first-order chi connectivity index (χ1) is 8.74. The standard InChI is InChI=1S/C14H22N2O3/c1-5-19-12-7-6-10(8-11(12)15)13(17)16(4)9-14(2,3)18/h6-8,18H,5,9,15H2,1-4H3. The highest BCUT2D eigenvalue weighted by Gasteiger charge is 2.20. The van der Waals surface area contributed by atoms with Gasteiger partial charge in [-0.2, -0.15) is 0 Å². The summed E-state index contributed by atoms with van der Waals surface area (Å²) in [5, 5.41) is 9.71. The number of carbonyl (C=O) groups is 1. The molecule has 1 aromatic carbocycles. The van der Waals surface area contributed by atoms with Crippen LogP contribution in [0, 0.1) is 0 Å². The van der Waals surface area contributed by atoms with E-state index >= 15 is 0 Å². The van der Waals surface area contributed by atoms with Gasteiger partial charge in [0.2, 0.25) is 0 Å². The molecule has 5 heteroatoms. The van der Waals surface area contributed by atoms with Crippen molar-refractivity contribution >= 4 is 11.6 Å². The Kier molecular flexibility index (Phi) is 4.78. The molecule has 0 aliphatic heterocycles. The van der Waals surface area contributed by atoms with Gasteiger partial charge in [-0.15, -0.1) is 0 Å². The minimum atomic E-state index is -0.929. The number of carbonyl (C=O) groups excluding carboxylic acids is 1. The number of aliphatic hydroxyl groups is 1. The molecule has 106 valence electrons. The predicted molar refractivity (Wildman–Crippen MR) is 75.3 cm³/mol. The number of ether oxygens (including phenoxy) is 1. The highest BCUT2D eigenvalue weighted by Crippen LogP contribution is 2.23. The molecule has 1 aromatic rings. The lowest BCUT2D eigenvalue weighted by Gasteiger charge is -2.25. The van der Waals surface area contributed by atoms with E-state index in [9.17, 15) is 9.90 Å². The summed E-state index contributed by atoms with van der Waals surface area (Å²) in [5.74, 6) is 0.390. The van der Waals surface area contributed by atoms with Gasteiger partial charge in [0.1, 0.15) is 5.75 Å². The van der Waals surface area contributed by atoms with E-state index in [0.717, 1.165) is 0 Å². The molecule has 0 heterocycles. The molecule has 0 bridgehead atoms. The number of hydrogen-bond donors (Lipinski definition) is 2. The minimum absolute atomic E-state index is 0.183. The van der Waals surface area contributed by atoms with Gasteiger partial charge in [0.25, 0.3) is 5.91 Å². The maximum atomic E-state index is 12.2. The highest BCUT2D eigenvalue weighted by atomic mass is 16.5. The van der Waals surface area contributed by atoms with Crippen LogP contribution in [0.2, 0.25) is 0 Å². The topological polar surface area (TPSA) is 75.8 Å². The van der Waals surface area contributed by atoms with Crippen LogP contribution >= 0.6 is 0 Å². The zero-order chi connectivity index (χ0) is 14.6. The van der Waals surface area contributed by atoms with E-state index in [1.165, 1.54) is 4.90 Å². The van der Waals surface area contributed by atoms with Gasteiger partial charge in [-0.3, -0.25) is 4.79 Å². The van der Waals surface area contributed by atoms with Crippen LogP contribution in [-0.2, 0) is 0 Å². The fraction of sp³-hybridized carbons (Fsp3) is 0.500. The smallest absolute Gasteiger partial charge is 0.253 e. The number of hydrogen-bond acceptors (Lipinski definition) is 4. The molecule has 0 aromatic heterocycles. The Hall–Kier alpha value is -1.75. The van der Waals surface area contributed by atoms with Crippen molar-refractivity contribution in [3.63, 3.8) is 0 Å². The second kappa shape index (κ2) is 5.93. The van der Waals surface area contributed by atoms with Gasteiger partial charge in [-0.05, 0) is 39.0 Å². The van der Waals surface area contributed by atoms with E-state index in [1.807, 2.05) is 6.92 Å². The molecule has 0 atom stereocenters. The van der Waals surface area contributed by atoms with Crippen molar-refractivity contribution in [1.29, 1.82) is 0 Å². The Morgan fingerprint density at radius 2 is 2.11 bits per heavy atom. The van der Waals surface area contributed by atoms with Gasteiger partial charge in [-0.1, -0.05) is 0 Å². The van der Waals surface area contributed by atoms with Crippen LogP contribution < -0.4 is 10.5 Å². The Morgan fingerprint density at radius 1 is 1.47 bits per heavy atom. The van der Waals surface area contributed by atoms with E-state index in [4.69, 9.17) is 10.5 Å². The number of benzene rings is 1. The van der Waals surface area contributed by atoms with Crippen LogP contribution in [0.1, 0.15) is 31.1 Å². The van der Waals surface area contributed by atoms with E-state index in [1.54, 1.807) is 39.1 Å². The van der Waals surface area contributed by atoms with Gasteiger partial charge < -0.3 is 20.5 Å². The van der Waals surface area contributed by atoms with Crippen molar-refractivity contribution in [3.8, 4) is 5.75 Å². The third-order valence-corrected chi connectivity index (χ3v) is 2.53. The van der Waals surface area contributed by atoms with Crippen LogP contribution in [0.25, 0.3) is 0 Å². The van der Waals surface area contributed by atoms with Crippen molar-refractivity contribution in [2.45, 2.75) is 26.4 Å². The second-order valence-electron chi connectivity index (χ2n) is 5.16. The zero-order valence-electron chi connectivity index (χ0n) is 11.9. The van der Waals surface area contributed by atoms with Gasteiger partial charge in [-0.25, -0.2) is 0 Å². The Labute approximate surface area is 114 Å². The molecule has 1 rings (SSSR count). The molecule has 1 amide bonds. The summed E-state index contributed by atoms with van der Waals surface area (Å²) in [6, 6.07) is 4.95. The monoisotopic (exact) mass is 266 g/mol. The summed E-state index contributed by atoms with van der Waals surface area (Å²) in [6.07, 6.45) is 0. The number of rotatable bonds is 5. The van der Waals surface area contributed by atoms with Crippen molar-refractivity contribution in [1.82, 2.24) is 4.90 Å². The van der Waals surface area contributed by atoms with Crippen LogP contribution in [0.15, 0.2) is 18.2 Å². The molecule has 19 heavy (non-hydrogen) atoms. The van der Waals surface area contributed by atoms with Crippen LogP contribution in [0.3, 0.4) is 0 Å². The number of nitrogens with zero attached hydrogens (tertiary/aromatic N) is 1. The van der Waals surface area contributed by atoms with Crippen LogP contribution in [0.5, 0.6) is 5.75 Å². The predicted octanol–water partition coefficient (Wildman–Crippen LogP) is 1.51. The van der Waals surface area contributed by atoms with E-state index in [2.05, 4.69) is 0 Å². The first-order valence-corrected chi connectivity index (χ1v) is 6.24. The number of anilines is 1. The van der Waals surface area contributed by atoms with E-state index in [-0.39, 0.29) is 12.5 Å². The molecular weight excluding hydrogens is 244 g/mol. The van der Waals surface area contributed by atoms with Gasteiger partial charge in [0, 0.05) is 19.2 Å².